The fourth-order valence-corrected chi connectivity index (χ4v) is 5.09. The lowest BCUT2D eigenvalue weighted by Gasteiger charge is -2.45. The van der Waals surface area contributed by atoms with E-state index in [4.69, 9.17) is 0 Å². The van der Waals surface area contributed by atoms with Crippen molar-refractivity contribution in [2.75, 3.05) is 38.6 Å². The van der Waals surface area contributed by atoms with Gasteiger partial charge in [-0.05, 0) is 49.6 Å². The van der Waals surface area contributed by atoms with Crippen molar-refractivity contribution in [3.63, 3.8) is 0 Å². The molecule has 168 valence electrons. The molecule has 0 aliphatic carbocycles. The maximum absolute atomic E-state index is 12.3. The van der Waals surface area contributed by atoms with E-state index in [-0.39, 0.29) is 16.7 Å². The Bertz CT molecular complexity index is 1020. The molecular formula is C24H33N3O3S. The van der Waals surface area contributed by atoms with Gasteiger partial charge in [-0.3, -0.25) is 4.90 Å². The predicted octanol–water partition coefficient (Wildman–Crippen LogP) is 3.32. The van der Waals surface area contributed by atoms with Gasteiger partial charge in [0, 0.05) is 45.8 Å². The maximum Gasteiger partial charge on any atom is 0.242 e. The van der Waals surface area contributed by atoms with Crippen LogP contribution in [0.5, 0.6) is 5.75 Å². The van der Waals surface area contributed by atoms with Gasteiger partial charge in [-0.25, -0.2) is 12.7 Å². The van der Waals surface area contributed by atoms with Crippen molar-refractivity contribution in [2.24, 2.45) is 0 Å². The lowest BCUT2D eigenvalue weighted by molar-refractivity contribution is 0.183. The fraction of sp³-hybridized carbons (Fsp3) is 0.417. The third-order valence-electron chi connectivity index (χ3n) is 5.96. The topological polar surface area (TPSA) is 64.1 Å². The Labute approximate surface area is 186 Å². The first-order valence-corrected chi connectivity index (χ1v) is 12.0. The van der Waals surface area contributed by atoms with Gasteiger partial charge >= 0.3 is 0 Å². The Hall–Kier alpha value is -2.35. The summed E-state index contributed by atoms with van der Waals surface area (Å²) in [7, 11) is -0.395. The number of aromatic hydroxyl groups is 1. The summed E-state index contributed by atoms with van der Waals surface area (Å²) in [6.07, 6.45) is 2.55. The Kier molecular flexibility index (Phi) is 7.09. The summed E-state index contributed by atoms with van der Waals surface area (Å²) in [6, 6.07) is 13.2. The molecule has 0 unspecified atom stereocenters. The van der Waals surface area contributed by atoms with E-state index in [9.17, 15) is 13.5 Å². The Morgan fingerprint density at radius 3 is 2.39 bits per heavy atom. The molecule has 1 aliphatic rings. The minimum atomic E-state index is -3.45. The molecule has 0 radical (unpaired) electrons. The van der Waals surface area contributed by atoms with Crippen molar-refractivity contribution < 1.29 is 13.5 Å². The molecule has 0 bridgehead atoms. The minimum absolute atomic E-state index is 0.246. The average Bonchev–Trinajstić information content (AvgIpc) is 2.71. The molecular weight excluding hydrogens is 410 g/mol. The Morgan fingerprint density at radius 2 is 1.77 bits per heavy atom. The van der Waals surface area contributed by atoms with Crippen LogP contribution in [0.3, 0.4) is 0 Å². The molecule has 3 rings (SSSR count). The minimum Gasteiger partial charge on any atom is -0.506 e. The molecule has 0 aromatic heterocycles. The van der Waals surface area contributed by atoms with E-state index in [2.05, 4.69) is 30.2 Å². The van der Waals surface area contributed by atoms with Crippen LogP contribution in [0.4, 0.5) is 5.69 Å². The number of para-hydroxylation sites is 1. The zero-order valence-electron chi connectivity index (χ0n) is 18.8. The van der Waals surface area contributed by atoms with Crippen molar-refractivity contribution in [3.8, 4) is 5.75 Å². The summed E-state index contributed by atoms with van der Waals surface area (Å²) < 4.78 is 25.9. The number of benzene rings is 2. The zero-order valence-corrected chi connectivity index (χ0v) is 19.6. The molecule has 0 spiro atoms. The van der Waals surface area contributed by atoms with Crippen LogP contribution in [0.15, 0.2) is 60.0 Å². The molecule has 1 N–H and O–H groups in total. The van der Waals surface area contributed by atoms with Gasteiger partial charge in [-0.1, -0.05) is 30.3 Å². The Balaban J connectivity index is 1.88. The van der Waals surface area contributed by atoms with Gasteiger partial charge < -0.3 is 10.0 Å². The summed E-state index contributed by atoms with van der Waals surface area (Å²) in [5.41, 5.74) is 2.89. The van der Waals surface area contributed by atoms with E-state index in [0.717, 1.165) is 36.4 Å². The molecule has 1 saturated heterocycles. The molecule has 2 atom stereocenters. The molecule has 31 heavy (non-hydrogen) atoms. The van der Waals surface area contributed by atoms with Crippen molar-refractivity contribution in [1.82, 2.24) is 9.21 Å². The summed E-state index contributed by atoms with van der Waals surface area (Å²) >= 11 is 0. The predicted molar refractivity (Wildman–Crippen MR) is 126 cm³/mol. The second kappa shape index (κ2) is 9.42. The summed E-state index contributed by atoms with van der Waals surface area (Å²) in [6.45, 7) is 10.8. The summed E-state index contributed by atoms with van der Waals surface area (Å²) in [4.78, 5) is 4.97. The van der Waals surface area contributed by atoms with Crippen molar-refractivity contribution in [2.45, 2.75) is 37.2 Å². The van der Waals surface area contributed by atoms with Gasteiger partial charge in [0.2, 0.25) is 10.0 Å². The molecule has 0 amide bonds. The van der Waals surface area contributed by atoms with Crippen molar-refractivity contribution in [3.05, 3.63) is 66.2 Å². The maximum atomic E-state index is 12.3. The van der Waals surface area contributed by atoms with E-state index in [1.165, 1.54) is 18.4 Å². The first-order chi connectivity index (χ1) is 14.6. The number of hydrogen-bond donors (Lipinski definition) is 1. The second-order valence-electron chi connectivity index (χ2n) is 8.49. The number of hydrogen-bond acceptors (Lipinski definition) is 5. The number of nitrogens with zero attached hydrogens (tertiary/aromatic N) is 3. The number of phenols is 1. The number of rotatable bonds is 7. The highest BCUT2D eigenvalue weighted by Gasteiger charge is 2.31. The van der Waals surface area contributed by atoms with Crippen molar-refractivity contribution in [1.29, 1.82) is 0 Å². The van der Waals surface area contributed by atoms with Crippen LogP contribution >= 0.6 is 0 Å². The van der Waals surface area contributed by atoms with Gasteiger partial charge in [0.1, 0.15) is 5.75 Å². The highest BCUT2D eigenvalue weighted by atomic mass is 32.2. The first-order valence-electron chi connectivity index (χ1n) is 10.6. The van der Waals surface area contributed by atoms with Gasteiger partial charge in [0.15, 0.2) is 0 Å². The standard InChI is InChI=1S/C24H33N3O3S/c1-6-14-26-16-19(3)27(17-18(26)2)24-21(8-7-9-23(24)28)15-20-10-12-22(13-11-20)31(29,30)25(4)5/h6-13,18-19,28H,1,14-17H2,2-5H3/t18-,19+/m1/s1. The molecule has 1 fully saturated rings. The van der Waals surface area contributed by atoms with E-state index in [0.29, 0.717) is 12.5 Å². The van der Waals surface area contributed by atoms with E-state index < -0.39 is 10.0 Å². The molecule has 7 heteroatoms. The number of piperazine rings is 1. The normalized spacial score (nSPS) is 20.2. The van der Waals surface area contributed by atoms with Crippen LogP contribution in [-0.4, -0.2) is 68.5 Å². The van der Waals surface area contributed by atoms with Crippen LogP contribution in [-0.2, 0) is 16.4 Å². The van der Waals surface area contributed by atoms with Crippen LogP contribution < -0.4 is 4.90 Å². The van der Waals surface area contributed by atoms with Gasteiger partial charge in [0.25, 0.3) is 0 Å². The quantitative estimate of drug-likeness (QED) is 0.665. The molecule has 0 saturated carbocycles. The summed E-state index contributed by atoms with van der Waals surface area (Å²) in [5, 5.41) is 10.8. The van der Waals surface area contributed by atoms with Gasteiger partial charge in [-0.15, -0.1) is 6.58 Å². The molecule has 2 aromatic carbocycles. The monoisotopic (exact) mass is 443 g/mol. The lowest BCUT2D eigenvalue weighted by Crippen LogP contribution is -2.56. The molecule has 1 heterocycles. The SMILES string of the molecule is C=CCN1C[C@H](C)N(c2c(O)cccc2Cc2ccc(S(=O)(=O)N(C)C)cc2)C[C@H]1C. The third kappa shape index (κ3) is 4.95. The van der Waals surface area contributed by atoms with E-state index in [1.807, 2.05) is 30.3 Å². The van der Waals surface area contributed by atoms with Crippen LogP contribution in [0.2, 0.25) is 0 Å². The zero-order chi connectivity index (χ0) is 22.8. The smallest absolute Gasteiger partial charge is 0.242 e. The number of anilines is 1. The fourth-order valence-electron chi connectivity index (χ4n) is 4.19. The third-order valence-corrected chi connectivity index (χ3v) is 7.79. The lowest BCUT2D eigenvalue weighted by atomic mass is 9.99. The highest BCUT2D eigenvalue weighted by Crippen LogP contribution is 2.36. The molecule has 2 aromatic rings. The largest absolute Gasteiger partial charge is 0.506 e. The van der Waals surface area contributed by atoms with E-state index >= 15 is 0 Å². The number of sulfonamides is 1. The first kappa shape index (κ1) is 23.3. The average molecular weight is 444 g/mol. The van der Waals surface area contributed by atoms with Gasteiger partial charge in [-0.2, -0.15) is 0 Å². The van der Waals surface area contributed by atoms with Crippen LogP contribution in [0.1, 0.15) is 25.0 Å². The highest BCUT2D eigenvalue weighted by molar-refractivity contribution is 7.89. The molecule has 1 aliphatic heterocycles. The second-order valence-corrected chi connectivity index (χ2v) is 10.6. The van der Waals surface area contributed by atoms with Crippen LogP contribution in [0.25, 0.3) is 0 Å². The van der Waals surface area contributed by atoms with Gasteiger partial charge in [0.05, 0.1) is 10.6 Å². The van der Waals surface area contributed by atoms with Crippen LogP contribution in [0, 0.1) is 0 Å². The molecule has 6 nitrogen and oxygen atoms in total. The van der Waals surface area contributed by atoms with Crippen molar-refractivity contribution >= 4 is 15.7 Å². The van der Waals surface area contributed by atoms with E-state index in [1.54, 1.807) is 18.2 Å². The number of phenolic OH excluding ortho intramolecular Hbond substituents is 1. The summed E-state index contributed by atoms with van der Waals surface area (Å²) in [5.74, 6) is 0.278. The Morgan fingerprint density at radius 1 is 1.10 bits per heavy atom.